The number of halogens is 1. The number of ether oxygens (including phenoxy) is 1. The van der Waals surface area contributed by atoms with Crippen molar-refractivity contribution >= 4 is 23.2 Å². The van der Waals surface area contributed by atoms with Crippen LogP contribution in [0.5, 0.6) is 0 Å². The van der Waals surface area contributed by atoms with Crippen LogP contribution in [0.3, 0.4) is 0 Å². The van der Waals surface area contributed by atoms with Gasteiger partial charge >= 0.3 is 0 Å². The van der Waals surface area contributed by atoms with Crippen molar-refractivity contribution < 1.29 is 9.53 Å². The Hall–Kier alpha value is -2.55. The number of nitriles is 1. The van der Waals surface area contributed by atoms with Crippen LogP contribution in [-0.4, -0.2) is 50.2 Å². The van der Waals surface area contributed by atoms with Crippen LogP contribution in [-0.2, 0) is 4.74 Å². The van der Waals surface area contributed by atoms with Crippen molar-refractivity contribution in [1.82, 2.24) is 4.90 Å². The third kappa shape index (κ3) is 4.39. The zero-order valence-electron chi connectivity index (χ0n) is 16.3. The number of nitrogens with zero attached hydrogens (tertiary/aromatic N) is 3. The van der Waals surface area contributed by atoms with Gasteiger partial charge in [-0.2, -0.15) is 5.26 Å². The molecular formula is C23H24ClN3O2. The van der Waals surface area contributed by atoms with Crippen molar-refractivity contribution in [3.63, 3.8) is 0 Å². The van der Waals surface area contributed by atoms with E-state index in [1.165, 1.54) is 0 Å². The molecular weight excluding hydrogens is 386 g/mol. The maximum atomic E-state index is 13.1. The van der Waals surface area contributed by atoms with E-state index in [2.05, 4.69) is 11.0 Å². The van der Waals surface area contributed by atoms with Crippen LogP contribution in [0.25, 0.3) is 0 Å². The number of hydrogen-bond donors (Lipinski definition) is 0. The zero-order valence-corrected chi connectivity index (χ0v) is 17.1. The number of piperidine rings is 1. The Morgan fingerprint density at radius 3 is 2.83 bits per heavy atom. The molecule has 2 aromatic rings. The van der Waals surface area contributed by atoms with E-state index in [0.717, 1.165) is 38.2 Å². The molecule has 0 radical (unpaired) electrons. The quantitative estimate of drug-likeness (QED) is 0.753. The van der Waals surface area contributed by atoms with E-state index in [1.54, 1.807) is 12.1 Å². The summed E-state index contributed by atoms with van der Waals surface area (Å²) in [7, 11) is 0. The first kappa shape index (κ1) is 19.8. The molecule has 2 heterocycles. The fraction of sp³-hybridized carbons (Fsp3) is 0.391. The summed E-state index contributed by atoms with van der Waals surface area (Å²) < 4.78 is 5.98. The lowest BCUT2D eigenvalue weighted by Crippen LogP contribution is -2.52. The second kappa shape index (κ2) is 8.44. The second-order valence-corrected chi connectivity index (χ2v) is 8.41. The largest absolute Gasteiger partial charge is 0.379 e. The van der Waals surface area contributed by atoms with Crippen molar-refractivity contribution in [1.29, 1.82) is 5.26 Å². The molecule has 0 saturated carbocycles. The lowest BCUT2D eigenvalue weighted by Gasteiger charge is -2.44. The number of amides is 1. The molecule has 2 aliphatic heterocycles. The Morgan fingerprint density at radius 2 is 2.00 bits per heavy atom. The SMILES string of the molecule is N#Cc1cccc(N2CCOCC3(CCCN(C(=O)c4cccc(Cl)c4)C3)C2)c1. The van der Waals surface area contributed by atoms with Gasteiger partial charge in [-0.1, -0.05) is 23.7 Å². The highest BCUT2D eigenvalue weighted by Gasteiger charge is 2.40. The maximum absolute atomic E-state index is 13.1. The van der Waals surface area contributed by atoms with Gasteiger partial charge in [-0.15, -0.1) is 0 Å². The average Bonchev–Trinajstić information content (AvgIpc) is 2.96. The molecule has 1 spiro atoms. The number of carbonyl (C=O) groups is 1. The van der Waals surface area contributed by atoms with Crippen molar-refractivity contribution in [3.05, 3.63) is 64.7 Å². The number of carbonyl (C=O) groups excluding carboxylic acids is 1. The molecule has 2 aromatic carbocycles. The minimum absolute atomic E-state index is 0.0221. The summed E-state index contributed by atoms with van der Waals surface area (Å²) in [5.41, 5.74) is 2.20. The minimum Gasteiger partial charge on any atom is -0.379 e. The molecule has 0 aromatic heterocycles. The minimum atomic E-state index is -0.119. The molecule has 1 amide bonds. The first-order chi connectivity index (χ1) is 14.1. The highest BCUT2D eigenvalue weighted by atomic mass is 35.5. The summed E-state index contributed by atoms with van der Waals surface area (Å²) in [6.07, 6.45) is 1.96. The number of anilines is 1. The van der Waals surface area contributed by atoms with Gasteiger partial charge in [0.2, 0.25) is 0 Å². The van der Waals surface area contributed by atoms with Gasteiger partial charge in [-0.25, -0.2) is 0 Å². The third-order valence-electron chi connectivity index (χ3n) is 5.80. The van der Waals surface area contributed by atoms with Crippen molar-refractivity contribution in [2.75, 3.05) is 44.3 Å². The fourth-order valence-electron chi connectivity index (χ4n) is 4.42. The van der Waals surface area contributed by atoms with E-state index in [0.29, 0.717) is 35.9 Å². The Kier molecular flexibility index (Phi) is 5.75. The molecule has 5 nitrogen and oxygen atoms in total. The molecule has 2 saturated heterocycles. The summed E-state index contributed by atoms with van der Waals surface area (Å²) >= 11 is 6.08. The summed E-state index contributed by atoms with van der Waals surface area (Å²) in [6, 6.07) is 17.1. The normalized spacial score (nSPS) is 22.2. The third-order valence-corrected chi connectivity index (χ3v) is 6.04. The smallest absolute Gasteiger partial charge is 0.253 e. The van der Waals surface area contributed by atoms with Crippen LogP contribution in [0.1, 0.15) is 28.8 Å². The molecule has 1 unspecified atom stereocenters. The van der Waals surface area contributed by atoms with Crippen LogP contribution in [0.4, 0.5) is 5.69 Å². The van der Waals surface area contributed by atoms with Gasteiger partial charge in [0, 0.05) is 47.9 Å². The molecule has 150 valence electrons. The van der Waals surface area contributed by atoms with Gasteiger partial charge < -0.3 is 14.5 Å². The first-order valence-corrected chi connectivity index (χ1v) is 10.3. The lowest BCUT2D eigenvalue weighted by molar-refractivity contribution is 0.0135. The van der Waals surface area contributed by atoms with E-state index in [4.69, 9.17) is 16.3 Å². The van der Waals surface area contributed by atoms with Crippen LogP contribution >= 0.6 is 11.6 Å². The highest BCUT2D eigenvalue weighted by Crippen LogP contribution is 2.35. The van der Waals surface area contributed by atoms with Crippen LogP contribution in [0.15, 0.2) is 48.5 Å². The number of hydrogen-bond acceptors (Lipinski definition) is 4. The summed E-state index contributed by atoms with van der Waals surface area (Å²) in [5, 5.41) is 9.81. The van der Waals surface area contributed by atoms with Crippen LogP contribution in [0, 0.1) is 16.7 Å². The Balaban J connectivity index is 1.55. The first-order valence-electron chi connectivity index (χ1n) is 9.96. The van der Waals surface area contributed by atoms with E-state index >= 15 is 0 Å². The van der Waals surface area contributed by atoms with Crippen LogP contribution < -0.4 is 4.90 Å². The van der Waals surface area contributed by atoms with E-state index in [-0.39, 0.29) is 11.3 Å². The predicted octanol–water partition coefficient (Wildman–Crippen LogP) is 3.97. The van der Waals surface area contributed by atoms with E-state index < -0.39 is 0 Å². The molecule has 2 fully saturated rings. The Bertz CT molecular complexity index is 942. The van der Waals surface area contributed by atoms with E-state index in [9.17, 15) is 10.1 Å². The maximum Gasteiger partial charge on any atom is 0.253 e. The summed E-state index contributed by atoms with van der Waals surface area (Å²) in [4.78, 5) is 17.3. The number of likely N-dealkylation sites (tertiary alicyclic amines) is 1. The highest BCUT2D eigenvalue weighted by molar-refractivity contribution is 6.30. The molecule has 0 bridgehead atoms. The zero-order chi connectivity index (χ0) is 20.3. The Labute approximate surface area is 176 Å². The average molecular weight is 410 g/mol. The van der Waals surface area contributed by atoms with Crippen molar-refractivity contribution in [2.45, 2.75) is 12.8 Å². The molecule has 0 aliphatic carbocycles. The predicted molar refractivity (Wildman–Crippen MR) is 113 cm³/mol. The second-order valence-electron chi connectivity index (χ2n) is 7.98. The van der Waals surface area contributed by atoms with Gasteiger partial charge in [-0.3, -0.25) is 4.79 Å². The topological polar surface area (TPSA) is 56.6 Å². The molecule has 1 atom stereocenters. The van der Waals surface area contributed by atoms with Gasteiger partial charge in [-0.05, 0) is 49.2 Å². The molecule has 0 N–H and O–H groups in total. The summed E-state index contributed by atoms with van der Waals surface area (Å²) in [5.74, 6) is 0.0221. The fourth-order valence-corrected chi connectivity index (χ4v) is 4.61. The van der Waals surface area contributed by atoms with Gasteiger partial charge in [0.15, 0.2) is 0 Å². The molecule has 4 rings (SSSR count). The monoisotopic (exact) mass is 409 g/mol. The van der Waals surface area contributed by atoms with E-state index in [1.807, 2.05) is 41.3 Å². The summed E-state index contributed by atoms with van der Waals surface area (Å²) in [6.45, 7) is 4.27. The van der Waals surface area contributed by atoms with Gasteiger partial charge in [0.05, 0.1) is 24.8 Å². The molecule has 2 aliphatic rings. The standard InChI is InChI=1S/C23H24ClN3O2/c24-20-6-2-5-19(13-20)22(28)27-9-3-8-23(16-27)15-26(10-11-29-17-23)21-7-1-4-18(12-21)14-25/h1-2,4-7,12-13H,3,8-11,15-17H2. The van der Waals surface area contributed by atoms with Gasteiger partial charge in [0.1, 0.15) is 0 Å². The van der Waals surface area contributed by atoms with Crippen molar-refractivity contribution in [2.24, 2.45) is 5.41 Å². The molecule has 29 heavy (non-hydrogen) atoms. The lowest BCUT2D eigenvalue weighted by atomic mass is 9.79. The molecule has 6 heteroatoms. The van der Waals surface area contributed by atoms with Crippen molar-refractivity contribution in [3.8, 4) is 6.07 Å². The Morgan fingerprint density at radius 1 is 1.14 bits per heavy atom. The van der Waals surface area contributed by atoms with Crippen LogP contribution in [0.2, 0.25) is 5.02 Å². The number of rotatable bonds is 2. The van der Waals surface area contributed by atoms with Gasteiger partial charge in [0.25, 0.3) is 5.91 Å². The number of benzene rings is 2.